The molecule has 86 valence electrons. The van der Waals surface area contributed by atoms with Crippen LogP contribution in [0.3, 0.4) is 0 Å². The number of hydrogen-bond acceptors (Lipinski definition) is 3. The number of likely N-dealkylation sites (N-methyl/N-ethyl adjacent to an activating group) is 1. The van der Waals surface area contributed by atoms with Gasteiger partial charge in [-0.2, -0.15) is 0 Å². The zero-order chi connectivity index (χ0) is 11.5. The predicted molar refractivity (Wildman–Crippen MR) is 62.0 cm³/mol. The lowest BCUT2D eigenvalue weighted by Crippen LogP contribution is -2.27. The molecule has 3 heteroatoms. The van der Waals surface area contributed by atoms with Gasteiger partial charge in [-0.15, -0.1) is 0 Å². The highest BCUT2D eigenvalue weighted by Crippen LogP contribution is 2.22. The smallest absolute Gasteiger partial charge is 0.302 e. The van der Waals surface area contributed by atoms with Crippen molar-refractivity contribution in [3.63, 3.8) is 0 Å². The minimum Gasteiger partial charge on any atom is -0.461 e. The third kappa shape index (κ3) is 2.42. The molecule has 1 aliphatic rings. The Balaban J connectivity index is 2.21. The summed E-state index contributed by atoms with van der Waals surface area (Å²) >= 11 is 0. The molecule has 0 N–H and O–H groups in total. The Hall–Kier alpha value is -1.35. The lowest BCUT2D eigenvalue weighted by Gasteiger charge is -2.26. The number of hydrogen-bond donors (Lipinski definition) is 0. The Morgan fingerprint density at radius 1 is 1.50 bits per heavy atom. The fourth-order valence-electron chi connectivity index (χ4n) is 2.10. The molecule has 1 aromatic carbocycles. The van der Waals surface area contributed by atoms with E-state index in [1.54, 1.807) is 0 Å². The summed E-state index contributed by atoms with van der Waals surface area (Å²) in [6.45, 7) is 3.89. The molecule has 0 aliphatic carbocycles. The average molecular weight is 219 g/mol. The van der Waals surface area contributed by atoms with Crippen molar-refractivity contribution in [2.24, 2.45) is 0 Å². The largest absolute Gasteiger partial charge is 0.461 e. The van der Waals surface area contributed by atoms with Crippen molar-refractivity contribution in [3.05, 3.63) is 34.9 Å². The number of carbonyl (C=O) groups excluding carboxylic acids is 1. The number of carbonyl (C=O) groups is 1. The van der Waals surface area contributed by atoms with Gasteiger partial charge in [0.05, 0.1) is 0 Å². The van der Waals surface area contributed by atoms with Crippen LogP contribution in [0, 0.1) is 0 Å². The van der Waals surface area contributed by atoms with Gasteiger partial charge in [0.2, 0.25) is 0 Å². The highest BCUT2D eigenvalue weighted by atomic mass is 16.5. The van der Waals surface area contributed by atoms with Gasteiger partial charge in [-0.1, -0.05) is 18.2 Å². The van der Waals surface area contributed by atoms with Crippen LogP contribution in [-0.2, 0) is 29.1 Å². The van der Waals surface area contributed by atoms with Crippen molar-refractivity contribution in [2.45, 2.75) is 26.5 Å². The maximum absolute atomic E-state index is 10.8. The topological polar surface area (TPSA) is 29.5 Å². The van der Waals surface area contributed by atoms with Crippen molar-refractivity contribution in [2.75, 3.05) is 13.6 Å². The molecule has 0 spiro atoms. The van der Waals surface area contributed by atoms with Crippen LogP contribution in [0.4, 0.5) is 0 Å². The summed E-state index contributed by atoms with van der Waals surface area (Å²) in [5, 5.41) is 0. The van der Waals surface area contributed by atoms with E-state index < -0.39 is 0 Å². The summed E-state index contributed by atoms with van der Waals surface area (Å²) in [6, 6.07) is 6.25. The lowest BCUT2D eigenvalue weighted by atomic mass is 9.95. The van der Waals surface area contributed by atoms with Crippen LogP contribution in [0.2, 0.25) is 0 Å². The summed E-state index contributed by atoms with van der Waals surface area (Å²) in [6.07, 6.45) is 1.08. The van der Waals surface area contributed by atoms with Crippen molar-refractivity contribution >= 4 is 5.97 Å². The Morgan fingerprint density at radius 3 is 3.06 bits per heavy atom. The van der Waals surface area contributed by atoms with Gasteiger partial charge >= 0.3 is 5.97 Å². The highest BCUT2D eigenvalue weighted by Gasteiger charge is 2.16. The van der Waals surface area contributed by atoms with Gasteiger partial charge in [-0.25, -0.2) is 0 Å². The molecule has 0 amide bonds. The molecular weight excluding hydrogens is 202 g/mol. The molecule has 0 saturated carbocycles. The third-order valence-electron chi connectivity index (χ3n) is 2.99. The lowest BCUT2D eigenvalue weighted by molar-refractivity contribution is -0.142. The quantitative estimate of drug-likeness (QED) is 0.710. The van der Waals surface area contributed by atoms with E-state index >= 15 is 0 Å². The molecule has 0 bridgehead atoms. The van der Waals surface area contributed by atoms with Crippen molar-refractivity contribution in [3.8, 4) is 0 Å². The SMILES string of the molecule is CC(=O)OCc1cccc2c1CN(C)CC2. The second-order valence-electron chi connectivity index (χ2n) is 4.32. The van der Waals surface area contributed by atoms with E-state index in [-0.39, 0.29) is 5.97 Å². The highest BCUT2D eigenvalue weighted by molar-refractivity contribution is 5.66. The molecule has 0 fully saturated rings. The van der Waals surface area contributed by atoms with E-state index in [0.29, 0.717) is 6.61 Å². The normalized spacial score (nSPS) is 15.6. The molecular formula is C13H17NO2. The monoisotopic (exact) mass is 219 g/mol. The number of rotatable bonds is 2. The van der Waals surface area contributed by atoms with Crippen LogP contribution in [0.25, 0.3) is 0 Å². The average Bonchev–Trinajstić information content (AvgIpc) is 2.26. The van der Waals surface area contributed by atoms with Crippen molar-refractivity contribution in [1.29, 1.82) is 0 Å². The van der Waals surface area contributed by atoms with Crippen molar-refractivity contribution < 1.29 is 9.53 Å². The summed E-state index contributed by atoms with van der Waals surface area (Å²) in [7, 11) is 2.12. The van der Waals surface area contributed by atoms with Gasteiger partial charge in [0.1, 0.15) is 6.61 Å². The summed E-state index contributed by atoms with van der Waals surface area (Å²) in [5.41, 5.74) is 3.86. The molecule has 0 unspecified atom stereocenters. The molecule has 0 atom stereocenters. The van der Waals surface area contributed by atoms with Gasteiger partial charge in [0.15, 0.2) is 0 Å². The molecule has 1 aromatic rings. The first-order chi connectivity index (χ1) is 7.66. The van der Waals surface area contributed by atoms with Gasteiger partial charge in [-0.3, -0.25) is 4.79 Å². The first-order valence-electron chi connectivity index (χ1n) is 5.58. The minimum absolute atomic E-state index is 0.221. The van der Waals surface area contributed by atoms with E-state index in [1.807, 2.05) is 12.1 Å². The number of ether oxygens (including phenoxy) is 1. The Kier molecular flexibility index (Phi) is 3.25. The van der Waals surface area contributed by atoms with E-state index in [1.165, 1.54) is 18.1 Å². The number of benzene rings is 1. The first kappa shape index (κ1) is 11.1. The van der Waals surface area contributed by atoms with Gasteiger partial charge < -0.3 is 9.64 Å². The van der Waals surface area contributed by atoms with Gasteiger partial charge in [0, 0.05) is 20.0 Å². The maximum Gasteiger partial charge on any atom is 0.302 e. The van der Waals surface area contributed by atoms with Crippen LogP contribution >= 0.6 is 0 Å². The summed E-state index contributed by atoms with van der Waals surface area (Å²) in [4.78, 5) is 13.1. The van der Waals surface area contributed by atoms with E-state index in [9.17, 15) is 4.79 Å². The Morgan fingerprint density at radius 2 is 2.31 bits per heavy atom. The standard InChI is InChI=1S/C13H17NO2/c1-10(15)16-9-12-5-3-4-11-6-7-14(2)8-13(11)12/h3-5H,6-9H2,1-2H3. The second kappa shape index (κ2) is 4.66. The molecule has 0 radical (unpaired) electrons. The van der Waals surface area contributed by atoms with E-state index in [2.05, 4.69) is 18.0 Å². The fraction of sp³-hybridized carbons (Fsp3) is 0.462. The zero-order valence-electron chi connectivity index (χ0n) is 9.82. The molecule has 2 rings (SSSR count). The van der Waals surface area contributed by atoms with Crippen LogP contribution in [-0.4, -0.2) is 24.5 Å². The number of fused-ring (bicyclic) bond motifs is 1. The fourth-order valence-corrected chi connectivity index (χ4v) is 2.10. The van der Waals surface area contributed by atoms with E-state index in [4.69, 9.17) is 4.74 Å². The molecule has 0 aromatic heterocycles. The predicted octanol–water partition coefficient (Wildman–Crippen LogP) is 1.74. The van der Waals surface area contributed by atoms with Crippen LogP contribution in [0.15, 0.2) is 18.2 Å². The Labute approximate surface area is 96.0 Å². The van der Waals surface area contributed by atoms with Crippen LogP contribution in [0.1, 0.15) is 23.6 Å². The van der Waals surface area contributed by atoms with Crippen LogP contribution < -0.4 is 0 Å². The minimum atomic E-state index is -0.221. The molecule has 16 heavy (non-hydrogen) atoms. The molecule has 3 nitrogen and oxygen atoms in total. The number of nitrogens with zero attached hydrogens (tertiary/aromatic N) is 1. The Bertz CT molecular complexity index is 401. The second-order valence-corrected chi connectivity index (χ2v) is 4.32. The molecule has 1 heterocycles. The maximum atomic E-state index is 10.8. The van der Waals surface area contributed by atoms with Crippen molar-refractivity contribution in [1.82, 2.24) is 4.90 Å². The van der Waals surface area contributed by atoms with Crippen LogP contribution in [0.5, 0.6) is 0 Å². The molecule has 0 saturated heterocycles. The van der Waals surface area contributed by atoms with Gasteiger partial charge in [0.25, 0.3) is 0 Å². The van der Waals surface area contributed by atoms with E-state index in [0.717, 1.165) is 25.1 Å². The number of esters is 1. The third-order valence-corrected chi connectivity index (χ3v) is 2.99. The summed E-state index contributed by atoms with van der Waals surface area (Å²) < 4.78 is 5.07. The molecule has 1 aliphatic heterocycles. The van der Waals surface area contributed by atoms with Gasteiger partial charge in [-0.05, 0) is 30.2 Å². The first-order valence-corrected chi connectivity index (χ1v) is 5.58. The summed E-state index contributed by atoms with van der Waals surface area (Å²) in [5.74, 6) is -0.221. The zero-order valence-corrected chi connectivity index (χ0v) is 9.82.